The third kappa shape index (κ3) is 2.25. The van der Waals surface area contributed by atoms with Crippen LogP contribution < -0.4 is 4.74 Å². The molecule has 1 aromatic rings. The average Bonchev–Trinajstić information content (AvgIpc) is 2.16. The van der Waals surface area contributed by atoms with E-state index in [1.807, 2.05) is 19.1 Å². The van der Waals surface area contributed by atoms with E-state index in [1.54, 1.807) is 13.2 Å². The summed E-state index contributed by atoms with van der Waals surface area (Å²) in [5.41, 5.74) is 1.64. The Kier molecular flexibility index (Phi) is 3.37. The summed E-state index contributed by atoms with van der Waals surface area (Å²) in [5.74, 6) is 0.581. The highest BCUT2D eigenvalue weighted by molar-refractivity contribution is 7.97. The fraction of sp³-hybridized carbons (Fsp3) is 0.300. The molecular formula is C10H12O2S. The number of hydrogen-bond acceptors (Lipinski definition) is 2. The van der Waals surface area contributed by atoms with Crippen molar-refractivity contribution in [2.45, 2.75) is 13.3 Å². The van der Waals surface area contributed by atoms with Crippen molar-refractivity contribution >= 4 is 17.7 Å². The van der Waals surface area contributed by atoms with Gasteiger partial charge in [0, 0.05) is 0 Å². The van der Waals surface area contributed by atoms with Crippen LogP contribution in [-0.4, -0.2) is 12.2 Å². The number of thiol groups is 1. The molecule has 0 N–H and O–H groups in total. The summed E-state index contributed by atoms with van der Waals surface area (Å²) >= 11 is 3.78. The molecule has 70 valence electrons. The summed E-state index contributed by atoms with van der Waals surface area (Å²) in [5, 5.41) is -0.257. The molecule has 0 amide bonds. The number of carbonyl (C=O) groups excluding carboxylic acids is 1. The lowest BCUT2D eigenvalue weighted by molar-refractivity contribution is 0.108. The SMILES string of the molecule is CCc1ccc(OC)c(C(=O)S)c1. The summed E-state index contributed by atoms with van der Waals surface area (Å²) < 4.78 is 5.04. The van der Waals surface area contributed by atoms with Gasteiger partial charge in [0.25, 0.3) is 0 Å². The smallest absolute Gasteiger partial charge is 0.220 e. The Morgan fingerprint density at radius 3 is 2.69 bits per heavy atom. The summed E-state index contributed by atoms with van der Waals surface area (Å²) in [7, 11) is 1.54. The van der Waals surface area contributed by atoms with Crippen LogP contribution in [0.25, 0.3) is 0 Å². The highest BCUT2D eigenvalue weighted by atomic mass is 32.1. The standard InChI is InChI=1S/C10H12O2S/c1-3-7-4-5-9(12-2)8(6-7)10(11)13/h4-6H,3H2,1-2H3,(H,11,13). The molecule has 0 radical (unpaired) electrons. The van der Waals surface area contributed by atoms with Gasteiger partial charge in [-0.3, -0.25) is 4.79 Å². The molecule has 0 heterocycles. The van der Waals surface area contributed by atoms with Crippen LogP contribution in [-0.2, 0) is 6.42 Å². The van der Waals surface area contributed by atoms with Crippen molar-refractivity contribution < 1.29 is 9.53 Å². The number of ether oxygens (including phenoxy) is 1. The van der Waals surface area contributed by atoms with Gasteiger partial charge in [-0.2, -0.15) is 0 Å². The number of benzene rings is 1. The summed E-state index contributed by atoms with van der Waals surface area (Å²) in [6.45, 7) is 2.04. The lowest BCUT2D eigenvalue weighted by Crippen LogP contribution is -1.96. The maximum Gasteiger partial charge on any atom is 0.220 e. The van der Waals surface area contributed by atoms with E-state index in [4.69, 9.17) is 4.74 Å². The Morgan fingerprint density at radius 1 is 1.54 bits per heavy atom. The van der Waals surface area contributed by atoms with Crippen molar-refractivity contribution in [3.05, 3.63) is 29.3 Å². The van der Waals surface area contributed by atoms with E-state index in [1.165, 1.54) is 0 Å². The van der Waals surface area contributed by atoms with Gasteiger partial charge in [0.1, 0.15) is 5.75 Å². The zero-order valence-electron chi connectivity index (χ0n) is 7.70. The minimum absolute atomic E-state index is 0.257. The predicted octanol–water partition coefficient (Wildman–Crippen LogP) is 2.33. The highest BCUT2D eigenvalue weighted by Crippen LogP contribution is 2.21. The molecule has 0 aromatic heterocycles. The Balaban J connectivity index is 3.18. The second-order valence-electron chi connectivity index (χ2n) is 2.69. The first kappa shape index (κ1) is 10.1. The summed E-state index contributed by atoms with van der Waals surface area (Å²) in [6, 6.07) is 5.55. The molecule has 2 nitrogen and oxygen atoms in total. The molecule has 0 spiro atoms. The zero-order valence-corrected chi connectivity index (χ0v) is 8.60. The average molecular weight is 196 g/mol. The van der Waals surface area contributed by atoms with Gasteiger partial charge in [0.15, 0.2) is 0 Å². The van der Waals surface area contributed by atoms with Crippen LogP contribution >= 0.6 is 12.6 Å². The fourth-order valence-corrected chi connectivity index (χ4v) is 1.32. The molecule has 0 saturated heterocycles. The van der Waals surface area contributed by atoms with Crippen molar-refractivity contribution in [2.75, 3.05) is 7.11 Å². The maximum atomic E-state index is 11.1. The normalized spacial score (nSPS) is 9.77. The molecule has 0 aliphatic heterocycles. The van der Waals surface area contributed by atoms with Crippen LogP contribution in [0, 0.1) is 0 Å². The lowest BCUT2D eigenvalue weighted by Gasteiger charge is -2.06. The number of hydrogen-bond donors (Lipinski definition) is 1. The third-order valence-corrected chi connectivity index (χ3v) is 2.14. The highest BCUT2D eigenvalue weighted by Gasteiger charge is 2.08. The third-order valence-electron chi connectivity index (χ3n) is 1.90. The van der Waals surface area contributed by atoms with Gasteiger partial charge in [-0.1, -0.05) is 13.0 Å². The zero-order chi connectivity index (χ0) is 9.84. The van der Waals surface area contributed by atoms with Gasteiger partial charge in [0.2, 0.25) is 5.12 Å². The van der Waals surface area contributed by atoms with Crippen LogP contribution in [0.15, 0.2) is 18.2 Å². The van der Waals surface area contributed by atoms with Gasteiger partial charge < -0.3 is 4.74 Å². The van der Waals surface area contributed by atoms with Crippen molar-refractivity contribution in [3.8, 4) is 5.75 Å². The Bertz CT molecular complexity index is 321. The molecule has 0 unspecified atom stereocenters. The van der Waals surface area contributed by atoms with Crippen LogP contribution in [0.1, 0.15) is 22.8 Å². The lowest BCUT2D eigenvalue weighted by atomic mass is 10.1. The minimum Gasteiger partial charge on any atom is -0.496 e. The number of carbonyl (C=O) groups is 1. The molecule has 0 saturated carbocycles. The van der Waals surface area contributed by atoms with Crippen LogP contribution in [0.2, 0.25) is 0 Å². The minimum atomic E-state index is -0.257. The van der Waals surface area contributed by atoms with Gasteiger partial charge in [-0.05, 0) is 24.1 Å². The van der Waals surface area contributed by atoms with E-state index in [2.05, 4.69) is 12.6 Å². The summed E-state index contributed by atoms with van der Waals surface area (Å²) in [6.07, 6.45) is 0.901. The largest absolute Gasteiger partial charge is 0.496 e. The second kappa shape index (κ2) is 4.33. The number of aryl methyl sites for hydroxylation is 1. The first-order valence-electron chi connectivity index (χ1n) is 4.09. The maximum absolute atomic E-state index is 11.1. The molecule has 13 heavy (non-hydrogen) atoms. The number of methoxy groups -OCH3 is 1. The summed E-state index contributed by atoms with van der Waals surface area (Å²) in [4.78, 5) is 11.1. The molecule has 0 aliphatic rings. The van der Waals surface area contributed by atoms with Gasteiger partial charge in [-0.25, -0.2) is 0 Å². The van der Waals surface area contributed by atoms with Crippen molar-refractivity contribution in [2.24, 2.45) is 0 Å². The molecular weight excluding hydrogens is 184 g/mol. The van der Waals surface area contributed by atoms with E-state index < -0.39 is 0 Å². The van der Waals surface area contributed by atoms with Crippen molar-refractivity contribution in [3.63, 3.8) is 0 Å². The quantitative estimate of drug-likeness (QED) is 0.751. The monoisotopic (exact) mass is 196 g/mol. The van der Waals surface area contributed by atoms with E-state index in [9.17, 15) is 4.79 Å². The molecule has 3 heteroatoms. The molecule has 0 aliphatic carbocycles. The molecule has 0 fully saturated rings. The first-order valence-corrected chi connectivity index (χ1v) is 4.54. The van der Waals surface area contributed by atoms with E-state index in [0.717, 1.165) is 12.0 Å². The van der Waals surface area contributed by atoms with E-state index in [-0.39, 0.29) is 5.12 Å². The Morgan fingerprint density at radius 2 is 2.23 bits per heavy atom. The van der Waals surface area contributed by atoms with Crippen LogP contribution in [0.5, 0.6) is 5.75 Å². The van der Waals surface area contributed by atoms with Crippen LogP contribution in [0.4, 0.5) is 0 Å². The van der Waals surface area contributed by atoms with Crippen molar-refractivity contribution in [1.29, 1.82) is 0 Å². The molecule has 0 bridgehead atoms. The first-order chi connectivity index (χ1) is 6.19. The predicted molar refractivity (Wildman–Crippen MR) is 55.7 cm³/mol. The van der Waals surface area contributed by atoms with Gasteiger partial charge >= 0.3 is 0 Å². The second-order valence-corrected chi connectivity index (χ2v) is 3.10. The van der Waals surface area contributed by atoms with E-state index in [0.29, 0.717) is 11.3 Å². The Labute approximate surface area is 83.3 Å². The van der Waals surface area contributed by atoms with Crippen LogP contribution in [0.3, 0.4) is 0 Å². The van der Waals surface area contributed by atoms with E-state index >= 15 is 0 Å². The van der Waals surface area contributed by atoms with Crippen molar-refractivity contribution in [1.82, 2.24) is 0 Å². The topological polar surface area (TPSA) is 26.3 Å². The number of rotatable bonds is 3. The molecule has 1 rings (SSSR count). The Hall–Kier alpha value is -0.960. The molecule has 0 atom stereocenters. The molecule has 1 aromatic carbocycles. The van der Waals surface area contributed by atoms with Gasteiger partial charge in [-0.15, -0.1) is 12.6 Å². The fourth-order valence-electron chi connectivity index (χ4n) is 1.14. The van der Waals surface area contributed by atoms with Gasteiger partial charge in [0.05, 0.1) is 12.7 Å².